The molecule has 0 amide bonds. The Morgan fingerprint density at radius 2 is 1.91 bits per heavy atom. The fourth-order valence-corrected chi connectivity index (χ4v) is 5.25. The first-order valence-electron chi connectivity index (χ1n) is 11.9. The lowest BCUT2D eigenvalue weighted by Gasteiger charge is -2.33. The number of hydrogen-bond donors (Lipinski definition) is 1. The molecule has 7 heteroatoms. The van der Waals surface area contributed by atoms with E-state index in [2.05, 4.69) is 22.3 Å². The Morgan fingerprint density at radius 3 is 2.66 bits per heavy atom. The van der Waals surface area contributed by atoms with Gasteiger partial charge in [0.2, 0.25) is 0 Å². The molecule has 35 heavy (non-hydrogen) atoms. The van der Waals surface area contributed by atoms with Gasteiger partial charge in [-0.1, -0.05) is 36.3 Å². The van der Waals surface area contributed by atoms with Crippen LogP contribution < -0.4 is 10.2 Å². The highest BCUT2D eigenvalue weighted by atomic mass is 16.5. The van der Waals surface area contributed by atoms with Crippen LogP contribution in [0.15, 0.2) is 59.1 Å². The van der Waals surface area contributed by atoms with E-state index in [0.717, 1.165) is 47.4 Å². The van der Waals surface area contributed by atoms with E-state index in [9.17, 15) is 9.59 Å². The SMILES string of the molecule is COC(=O)c1ccc(Nc2cc(N3CCC[C@@H](C)C3)c3noc4c3c2C(=O)c2ccccc2-4)cc1. The molecule has 1 saturated heterocycles. The summed E-state index contributed by atoms with van der Waals surface area (Å²) in [5, 5.41) is 8.65. The number of piperidine rings is 1. The lowest BCUT2D eigenvalue weighted by atomic mass is 9.86. The van der Waals surface area contributed by atoms with Crippen LogP contribution in [0, 0.1) is 5.92 Å². The molecule has 0 bridgehead atoms. The van der Waals surface area contributed by atoms with E-state index in [1.165, 1.54) is 13.5 Å². The molecule has 176 valence electrons. The van der Waals surface area contributed by atoms with Crippen molar-refractivity contribution in [1.82, 2.24) is 5.16 Å². The Morgan fingerprint density at radius 1 is 1.14 bits per heavy atom. The van der Waals surface area contributed by atoms with Gasteiger partial charge in [-0.25, -0.2) is 4.79 Å². The van der Waals surface area contributed by atoms with Gasteiger partial charge < -0.3 is 19.5 Å². The summed E-state index contributed by atoms with van der Waals surface area (Å²) in [4.78, 5) is 27.9. The maximum absolute atomic E-state index is 13.7. The van der Waals surface area contributed by atoms with Crippen molar-refractivity contribution in [3.8, 4) is 11.3 Å². The van der Waals surface area contributed by atoms with Crippen molar-refractivity contribution in [1.29, 1.82) is 0 Å². The number of ketones is 1. The number of fused-ring (bicyclic) bond motifs is 2. The number of esters is 1. The molecule has 1 aromatic heterocycles. The fraction of sp³-hybridized carbons (Fsp3) is 0.250. The van der Waals surface area contributed by atoms with Gasteiger partial charge in [0.05, 0.1) is 35.0 Å². The summed E-state index contributed by atoms with van der Waals surface area (Å²) in [7, 11) is 1.36. The number of anilines is 3. The fourth-order valence-electron chi connectivity index (χ4n) is 5.25. The van der Waals surface area contributed by atoms with Gasteiger partial charge in [-0.05, 0) is 49.1 Å². The predicted octanol–water partition coefficient (Wildman–Crippen LogP) is 5.81. The number of hydrogen-bond acceptors (Lipinski definition) is 7. The highest BCUT2D eigenvalue weighted by Crippen LogP contribution is 2.46. The average molecular weight is 468 g/mol. The van der Waals surface area contributed by atoms with Crippen molar-refractivity contribution in [2.24, 2.45) is 5.92 Å². The van der Waals surface area contributed by atoms with E-state index < -0.39 is 5.97 Å². The van der Waals surface area contributed by atoms with E-state index >= 15 is 0 Å². The van der Waals surface area contributed by atoms with Crippen molar-refractivity contribution in [3.63, 3.8) is 0 Å². The molecule has 0 saturated carbocycles. The Labute approximate surface area is 202 Å². The molecule has 1 aliphatic carbocycles. The minimum absolute atomic E-state index is 0.0615. The van der Waals surface area contributed by atoms with Gasteiger partial charge in [0.25, 0.3) is 0 Å². The first-order chi connectivity index (χ1) is 17.0. The first-order valence-corrected chi connectivity index (χ1v) is 11.9. The van der Waals surface area contributed by atoms with Gasteiger partial charge in [-0.2, -0.15) is 0 Å². The molecule has 1 N–H and O–H groups in total. The minimum atomic E-state index is -0.393. The van der Waals surface area contributed by atoms with Crippen molar-refractivity contribution in [2.45, 2.75) is 19.8 Å². The van der Waals surface area contributed by atoms with Gasteiger partial charge in [0, 0.05) is 29.9 Å². The van der Waals surface area contributed by atoms with Crippen LogP contribution in [0.3, 0.4) is 0 Å². The summed E-state index contributed by atoms with van der Waals surface area (Å²) in [5.41, 5.74) is 5.53. The van der Waals surface area contributed by atoms with E-state index in [1.807, 2.05) is 42.5 Å². The normalized spacial score (nSPS) is 16.8. The van der Waals surface area contributed by atoms with Crippen LogP contribution in [0.2, 0.25) is 0 Å². The quantitative estimate of drug-likeness (QED) is 0.334. The third-order valence-electron chi connectivity index (χ3n) is 6.96. The number of nitrogens with one attached hydrogen (secondary N) is 1. The summed E-state index contributed by atoms with van der Waals surface area (Å²) < 4.78 is 10.7. The van der Waals surface area contributed by atoms with E-state index in [1.54, 1.807) is 12.1 Å². The maximum atomic E-state index is 13.7. The smallest absolute Gasteiger partial charge is 0.337 e. The van der Waals surface area contributed by atoms with Crippen LogP contribution in [0.4, 0.5) is 17.1 Å². The lowest BCUT2D eigenvalue weighted by molar-refractivity contribution is 0.0600. The number of rotatable bonds is 4. The van der Waals surface area contributed by atoms with Gasteiger partial charge in [-0.15, -0.1) is 0 Å². The van der Waals surface area contributed by atoms with Crippen molar-refractivity contribution >= 4 is 39.7 Å². The highest BCUT2D eigenvalue weighted by molar-refractivity contribution is 6.28. The molecule has 2 heterocycles. The van der Waals surface area contributed by atoms with Crippen LogP contribution in [0.25, 0.3) is 22.2 Å². The molecule has 0 radical (unpaired) electrons. The molecule has 6 rings (SSSR count). The van der Waals surface area contributed by atoms with Crippen LogP contribution in [0.5, 0.6) is 0 Å². The number of methoxy groups -OCH3 is 1. The molecule has 4 aromatic rings. The van der Waals surface area contributed by atoms with E-state index in [0.29, 0.717) is 34.1 Å². The molecular formula is C28H25N3O4. The predicted molar refractivity (Wildman–Crippen MR) is 135 cm³/mol. The summed E-state index contributed by atoms with van der Waals surface area (Å²) >= 11 is 0. The first kappa shape index (κ1) is 21.4. The van der Waals surface area contributed by atoms with Crippen molar-refractivity contribution < 1.29 is 18.8 Å². The molecule has 1 aliphatic heterocycles. The summed E-state index contributed by atoms with van der Waals surface area (Å²) in [6.07, 6.45) is 2.31. The molecule has 1 atom stereocenters. The lowest BCUT2D eigenvalue weighted by Crippen LogP contribution is -2.34. The highest BCUT2D eigenvalue weighted by Gasteiger charge is 2.34. The second kappa shape index (κ2) is 8.27. The monoisotopic (exact) mass is 467 g/mol. The average Bonchev–Trinajstić information content (AvgIpc) is 3.33. The topological polar surface area (TPSA) is 84.7 Å². The molecule has 2 aliphatic rings. The Balaban J connectivity index is 1.53. The number of carbonyl (C=O) groups is 2. The van der Waals surface area contributed by atoms with Gasteiger partial charge in [0.1, 0.15) is 5.52 Å². The van der Waals surface area contributed by atoms with Gasteiger partial charge >= 0.3 is 5.97 Å². The summed E-state index contributed by atoms with van der Waals surface area (Å²) in [5.74, 6) is 0.743. The Bertz CT molecular complexity index is 1470. The zero-order valence-corrected chi connectivity index (χ0v) is 19.6. The number of aromatic nitrogens is 1. The molecule has 3 aromatic carbocycles. The summed E-state index contributed by atoms with van der Waals surface area (Å²) in [6, 6.07) is 16.5. The Kier molecular flexibility index (Phi) is 5.06. The minimum Gasteiger partial charge on any atom is -0.465 e. The molecule has 0 unspecified atom stereocenters. The van der Waals surface area contributed by atoms with E-state index in [4.69, 9.17) is 9.26 Å². The zero-order chi connectivity index (χ0) is 24.1. The van der Waals surface area contributed by atoms with Gasteiger partial charge in [-0.3, -0.25) is 4.79 Å². The van der Waals surface area contributed by atoms with E-state index in [-0.39, 0.29) is 5.78 Å². The second-order valence-electron chi connectivity index (χ2n) is 9.32. The zero-order valence-electron chi connectivity index (χ0n) is 19.6. The Hall–Kier alpha value is -4.13. The van der Waals surface area contributed by atoms with Crippen molar-refractivity contribution in [2.75, 3.05) is 30.4 Å². The van der Waals surface area contributed by atoms with Crippen LogP contribution in [-0.4, -0.2) is 37.1 Å². The van der Waals surface area contributed by atoms with Crippen molar-refractivity contribution in [3.05, 3.63) is 71.3 Å². The second-order valence-corrected chi connectivity index (χ2v) is 9.32. The number of benzene rings is 3. The van der Waals surface area contributed by atoms with Crippen LogP contribution in [-0.2, 0) is 4.74 Å². The summed E-state index contributed by atoms with van der Waals surface area (Å²) in [6.45, 7) is 4.12. The standard InChI is InChI=1S/C28H25N3O4/c1-16-6-5-13-31(15-16)22-14-21(29-18-11-9-17(10-12-18)28(33)34-2)23-24-25(22)30-35-27(24)20-8-4-3-7-19(20)26(23)32/h3-4,7-12,14,16,29H,5-6,13,15H2,1-2H3/t16-/m1/s1. The number of nitrogens with zero attached hydrogens (tertiary/aromatic N) is 2. The molecule has 7 nitrogen and oxygen atoms in total. The molecular weight excluding hydrogens is 442 g/mol. The maximum Gasteiger partial charge on any atom is 0.337 e. The van der Waals surface area contributed by atoms with Crippen LogP contribution >= 0.6 is 0 Å². The van der Waals surface area contributed by atoms with Gasteiger partial charge in [0.15, 0.2) is 11.5 Å². The number of carbonyl (C=O) groups excluding carboxylic acids is 2. The third-order valence-corrected chi connectivity index (χ3v) is 6.96. The molecule has 1 fully saturated rings. The largest absolute Gasteiger partial charge is 0.465 e. The molecule has 0 spiro atoms. The van der Waals surface area contributed by atoms with Crippen LogP contribution in [0.1, 0.15) is 46.0 Å². The third kappa shape index (κ3) is 3.46. The number of ether oxygens (including phenoxy) is 1.